The number of ketones is 2. The second-order valence-electron chi connectivity index (χ2n) is 24.8. The molecule has 2 aromatic heterocycles. The maximum absolute atomic E-state index is 15.8. The van der Waals surface area contributed by atoms with Crippen LogP contribution in [0.4, 0.5) is 22.7 Å². The number of phenolic OH excluding ortho intramolecular Hbond substituents is 3. The number of nitrogens with one attached hydrogen (secondary N) is 1. The molecule has 13 heteroatoms. The van der Waals surface area contributed by atoms with Gasteiger partial charge >= 0.3 is 5.97 Å². The molecule has 2 heterocycles. The Labute approximate surface area is 553 Å². The molecule has 12 aromatic rings. The van der Waals surface area contributed by atoms with Gasteiger partial charge in [0.15, 0.2) is 28.7 Å². The fourth-order valence-electron chi connectivity index (χ4n) is 12.7. The zero-order chi connectivity index (χ0) is 67.0. The molecular formula is C82H75N6O7+3. The van der Waals surface area contributed by atoms with Crippen LogP contribution in [0, 0.1) is 0 Å². The minimum absolute atomic E-state index is 0.0901. The molecule has 10 aromatic carbocycles. The molecule has 95 heavy (non-hydrogen) atoms. The molecule has 0 saturated carbocycles. The Hall–Kier alpha value is -11.7. The number of phenols is 3. The number of aryl methyl sites for hydroxylation is 2. The van der Waals surface area contributed by atoms with E-state index < -0.39 is 23.1 Å². The summed E-state index contributed by atoms with van der Waals surface area (Å²) in [4.78, 5) is 51.8. The monoisotopic (exact) mass is 1260 g/mol. The van der Waals surface area contributed by atoms with E-state index >= 15 is 9.59 Å². The van der Waals surface area contributed by atoms with E-state index in [4.69, 9.17) is 4.74 Å². The molecule has 0 spiro atoms. The number of esters is 1. The predicted octanol–water partition coefficient (Wildman–Crippen LogP) is 13.6. The van der Waals surface area contributed by atoms with Gasteiger partial charge in [-0.1, -0.05) is 91.0 Å². The third-order valence-electron chi connectivity index (χ3n) is 18.0. The highest BCUT2D eigenvalue weighted by atomic mass is 16.6. The summed E-state index contributed by atoms with van der Waals surface area (Å²) < 4.78 is 11.3. The molecule has 4 N–H and O–H groups in total. The van der Waals surface area contributed by atoms with Crippen molar-refractivity contribution in [2.24, 2.45) is 14.1 Å². The SMILES string of the molecule is CN(C)c1ccc(C(=CC=CC(OC(=O)c2cc(C(=O)C=Cc3ccc(O)c(O)c3)ccc2O)(c2ccc(N(C)C)cc2)c2ccc([NH+](C)C)cc2)c2ccc(N(C)C)c(C(=O)c3ccc4c(-c5c6ccccc6[n+](C)c6ccccc56)c5ccccc5[n+](C)c4c3)c2)cc1. The number of hydrogen-bond donors (Lipinski definition) is 4. The number of rotatable bonds is 18. The average molecular weight is 1260 g/mol. The minimum Gasteiger partial charge on any atom is -0.507 e. The summed E-state index contributed by atoms with van der Waals surface area (Å²) in [5.74, 6) is -2.61. The van der Waals surface area contributed by atoms with Crippen molar-refractivity contribution < 1.29 is 48.5 Å². The Balaban J connectivity index is 1.01. The minimum atomic E-state index is -1.68. The number of quaternary nitrogens is 1. The smallest absolute Gasteiger partial charge is 0.343 e. The van der Waals surface area contributed by atoms with Crippen molar-refractivity contribution >= 4 is 95.5 Å². The predicted molar refractivity (Wildman–Crippen MR) is 383 cm³/mol. The Morgan fingerprint density at radius 1 is 0.474 bits per heavy atom. The molecule has 13 nitrogen and oxygen atoms in total. The number of aromatic nitrogens is 2. The van der Waals surface area contributed by atoms with Crippen LogP contribution in [0.2, 0.25) is 0 Å². The summed E-state index contributed by atoms with van der Waals surface area (Å²) in [5.41, 5.74) is 13.1. The van der Waals surface area contributed by atoms with Gasteiger partial charge in [-0.3, -0.25) is 9.59 Å². The van der Waals surface area contributed by atoms with Gasteiger partial charge in [0.05, 0.1) is 35.6 Å². The number of ether oxygens (including phenoxy) is 1. The molecule has 12 rings (SSSR count). The maximum atomic E-state index is 15.8. The van der Waals surface area contributed by atoms with E-state index in [0.717, 1.165) is 99.1 Å². The molecule has 1 atom stereocenters. The highest BCUT2D eigenvalue weighted by Gasteiger charge is 2.38. The van der Waals surface area contributed by atoms with Gasteiger partial charge in [0, 0.05) is 123 Å². The molecule has 0 bridgehead atoms. The van der Waals surface area contributed by atoms with E-state index in [1.807, 2.05) is 180 Å². The van der Waals surface area contributed by atoms with Crippen LogP contribution in [0.25, 0.3) is 66.4 Å². The number of carbonyl (C=O) groups excluding carboxylic acids is 3. The Morgan fingerprint density at radius 3 is 1.53 bits per heavy atom. The lowest BCUT2D eigenvalue weighted by molar-refractivity contribution is -0.786. The van der Waals surface area contributed by atoms with Crippen LogP contribution < -0.4 is 28.7 Å². The highest BCUT2D eigenvalue weighted by Crippen LogP contribution is 2.43. The molecule has 0 amide bonds. The first-order chi connectivity index (χ1) is 45.7. The van der Waals surface area contributed by atoms with Crippen molar-refractivity contribution in [2.75, 3.05) is 71.1 Å². The van der Waals surface area contributed by atoms with Crippen LogP contribution in [0.5, 0.6) is 17.2 Å². The molecule has 0 aliphatic carbocycles. The number of para-hydroxylation sites is 3. The maximum Gasteiger partial charge on any atom is 0.343 e. The second-order valence-corrected chi connectivity index (χ2v) is 24.8. The van der Waals surface area contributed by atoms with Gasteiger partial charge in [-0.05, 0) is 156 Å². The van der Waals surface area contributed by atoms with Crippen LogP contribution in [-0.4, -0.2) is 89.2 Å². The van der Waals surface area contributed by atoms with E-state index in [9.17, 15) is 20.1 Å². The van der Waals surface area contributed by atoms with Crippen molar-refractivity contribution in [3.63, 3.8) is 0 Å². The van der Waals surface area contributed by atoms with E-state index in [1.54, 1.807) is 6.07 Å². The number of aromatic hydroxyl groups is 3. The molecular weight excluding hydrogens is 1180 g/mol. The largest absolute Gasteiger partial charge is 0.507 e. The fraction of sp³-hybridized carbons (Fsp3) is 0.134. The van der Waals surface area contributed by atoms with E-state index in [-0.39, 0.29) is 28.4 Å². The first-order valence-electron chi connectivity index (χ1n) is 31.4. The van der Waals surface area contributed by atoms with Gasteiger partial charge in [0.25, 0.3) is 0 Å². The van der Waals surface area contributed by atoms with Crippen LogP contribution in [-0.2, 0) is 24.4 Å². The van der Waals surface area contributed by atoms with E-state index in [1.165, 1.54) is 42.5 Å². The van der Waals surface area contributed by atoms with E-state index in [0.29, 0.717) is 27.8 Å². The molecule has 0 saturated heterocycles. The summed E-state index contributed by atoms with van der Waals surface area (Å²) in [6.45, 7) is 0. The first kappa shape index (κ1) is 63.5. The Morgan fingerprint density at radius 2 is 0.968 bits per heavy atom. The molecule has 0 fully saturated rings. The van der Waals surface area contributed by atoms with Gasteiger partial charge in [0.1, 0.15) is 31.1 Å². The number of hydrogen-bond acceptors (Lipinski definition) is 10. The standard InChI is InChI=1S/C82H72N6O7/c1-83(2)59-36-27-53(28-37-59)62(21-17-47-82(57-32-38-60(39-33-57)84(3)4,58-34-40-61(41-35-58)85(5)6)95-81(94)68-50-55(31-46-75(68)90)74(89)44-25-52-26-45-76(91)77(92)48-52)54-30-43-69(86(7)8)67(49-54)80(93)56-29-42-66-73(51-56)88(10)72-24-16-13-20-65(72)79(66)78-63-18-11-14-22-70(63)87(9)71-23-15-12-19-64(71)78/h11-51H,1-10H3,(H,89,90,94)/p+3. The zero-order valence-electron chi connectivity index (χ0n) is 54.9. The topological polar surface area (TPSA) is 143 Å². The molecule has 1 unspecified atom stereocenters. The molecule has 0 radical (unpaired) electrons. The number of benzene rings is 10. The number of fused-ring (bicyclic) bond motifs is 4. The van der Waals surface area contributed by atoms with Crippen LogP contribution in [0.1, 0.15) is 64.5 Å². The summed E-state index contributed by atoms with van der Waals surface area (Å²) in [6, 6.07) is 69.5. The Kier molecular flexibility index (Phi) is 17.5. The molecule has 0 aliphatic rings. The normalized spacial score (nSPS) is 12.5. The average Bonchev–Trinajstić information content (AvgIpc) is 0.724. The lowest BCUT2D eigenvalue weighted by Gasteiger charge is -2.32. The number of anilines is 3. The number of nitrogens with zero attached hydrogens (tertiary/aromatic N) is 5. The molecule has 472 valence electrons. The quantitative estimate of drug-likeness (QED) is 0.0125. The Bertz CT molecular complexity index is 5000. The van der Waals surface area contributed by atoms with Gasteiger partial charge in [-0.25, -0.2) is 4.79 Å². The van der Waals surface area contributed by atoms with Crippen molar-refractivity contribution in [2.45, 2.75) is 5.60 Å². The first-order valence-corrected chi connectivity index (χ1v) is 31.4. The van der Waals surface area contributed by atoms with Crippen LogP contribution in [0.15, 0.2) is 243 Å². The fourth-order valence-corrected chi connectivity index (χ4v) is 12.7. The molecule has 0 aliphatic heterocycles. The van der Waals surface area contributed by atoms with Gasteiger partial charge in [-0.2, -0.15) is 9.13 Å². The summed E-state index contributed by atoms with van der Waals surface area (Å²) in [6.07, 6.45) is 8.42. The number of allylic oxidation sites excluding steroid dienone is 3. The second kappa shape index (κ2) is 26.1. The third-order valence-corrected chi connectivity index (χ3v) is 18.0. The summed E-state index contributed by atoms with van der Waals surface area (Å²) >= 11 is 0. The number of pyridine rings is 2. The van der Waals surface area contributed by atoms with Gasteiger partial charge < -0.3 is 39.7 Å². The highest BCUT2D eigenvalue weighted by molar-refractivity contribution is 6.20. The summed E-state index contributed by atoms with van der Waals surface area (Å²) in [5, 5.41) is 35.8. The van der Waals surface area contributed by atoms with E-state index in [2.05, 4.69) is 114 Å². The van der Waals surface area contributed by atoms with Crippen molar-refractivity contribution in [3.05, 3.63) is 293 Å². The van der Waals surface area contributed by atoms with Crippen LogP contribution in [0.3, 0.4) is 0 Å². The van der Waals surface area contributed by atoms with Crippen LogP contribution >= 0.6 is 0 Å². The van der Waals surface area contributed by atoms with Crippen molar-refractivity contribution in [1.29, 1.82) is 0 Å². The lowest BCUT2D eigenvalue weighted by Crippen LogP contribution is -3.00. The zero-order valence-corrected chi connectivity index (χ0v) is 54.9. The third kappa shape index (κ3) is 12.2. The summed E-state index contributed by atoms with van der Waals surface area (Å²) in [7, 11) is 20.0. The van der Waals surface area contributed by atoms with Crippen molar-refractivity contribution in [3.8, 4) is 28.4 Å². The lowest BCUT2D eigenvalue weighted by atomic mass is 9.84. The van der Waals surface area contributed by atoms with Crippen molar-refractivity contribution in [1.82, 2.24) is 0 Å². The van der Waals surface area contributed by atoms with Gasteiger partial charge in [-0.15, -0.1) is 0 Å². The van der Waals surface area contributed by atoms with Gasteiger partial charge in [0.2, 0.25) is 22.1 Å². The number of carbonyl (C=O) groups is 3.